The molecule has 0 radical (unpaired) electrons. The number of aliphatic hydroxyl groups is 1. The summed E-state index contributed by atoms with van der Waals surface area (Å²) in [6, 6.07) is 17.7. The molecule has 702 valence electrons. The van der Waals surface area contributed by atoms with E-state index in [9.17, 15) is 89.8 Å². The predicted molar refractivity (Wildman–Crippen MR) is 447 cm³/mol. The van der Waals surface area contributed by atoms with Gasteiger partial charge >= 0.3 is 121 Å². The molecule has 5 aliphatic carbocycles. The number of carbonyl (C=O) groups excluding carboxylic acids is 6. The summed E-state index contributed by atoms with van der Waals surface area (Å²) in [5.74, 6) is -9.04. The van der Waals surface area contributed by atoms with Gasteiger partial charge in [-0.2, -0.15) is 64.3 Å². The van der Waals surface area contributed by atoms with Gasteiger partial charge in [0.05, 0.1) is 61.4 Å². The van der Waals surface area contributed by atoms with E-state index in [1.54, 1.807) is 50.5 Å². The average Bonchev–Trinajstić information content (AvgIpc) is 1.52. The molecule has 6 aromatic heterocycles. The number of alkyl halides is 10. The van der Waals surface area contributed by atoms with Crippen LogP contribution in [0.2, 0.25) is 10.0 Å². The summed E-state index contributed by atoms with van der Waals surface area (Å²) in [6.45, 7) is -1.59. The Morgan fingerprint density at radius 2 is 1.01 bits per heavy atom. The van der Waals surface area contributed by atoms with Crippen molar-refractivity contribution in [1.29, 1.82) is 0 Å². The molecule has 3 saturated carbocycles. The van der Waals surface area contributed by atoms with Gasteiger partial charge in [-0.1, -0.05) is 60.0 Å². The Bertz CT molecular complexity index is 6620. The fraction of sp³-hybridized carbons (Fsp3) is 0.409. The molecule has 0 spiro atoms. The number of rotatable bonds is 24. The van der Waals surface area contributed by atoms with Crippen LogP contribution >= 0.6 is 34.8 Å². The fourth-order valence-corrected chi connectivity index (χ4v) is 19.8. The van der Waals surface area contributed by atoms with Gasteiger partial charge in [0.25, 0.3) is 23.6 Å². The fourth-order valence-electron chi connectivity index (χ4n) is 17.8. The first-order valence-electron chi connectivity index (χ1n) is 40.7. The van der Waals surface area contributed by atoms with Crippen molar-refractivity contribution in [3.8, 4) is 45.9 Å². The van der Waals surface area contributed by atoms with Crippen LogP contribution in [0.25, 0.3) is 44.1 Å². The molecule has 4 fully saturated rings. The molecular weight excluding hydrogens is 1950 g/mol. The second-order valence-corrected chi connectivity index (χ2v) is 38.5. The van der Waals surface area contributed by atoms with Gasteiger partial charge in [0.15, 0.2) is 49.2 Å². The number of amides is 1. The van der Waals surface area contributed by atoms with E-state index in [0.29, 0.717) is 85.3 Å². The molecule has 1 N–H and O–H groups in total. The van der Waals surface area contributed by atoms with Crippen LogP contribution in [0, 0.1) is 64.7 Å². The second-order valence-electron chi connectivity index (χ2n) is 32.9. The number of pyridine rings is 2. The molecule has 1 saturated heterocycles. The third-order valence-electron chi connectivity index (χ3n) is 23.1. The Labute approximate surface area is 857 Å². The number of carbonyl (C=O) groups is 6. The van der Waals surface area contributed by atoms with Gasteiger partial charge in [0.2, 0.25) is 5.91 Å². The number of hydrogen-bond acceptors (Lipinski definition) is 20. The molecule has 7 heterocycles. The minimum atomic E-state index is -5.08. The molecule has 16 rings (SSSR count). The number of ether oxygens (including phenoxy) is 1. The van der Waals surface area contributed by atoms with Crippen LogP contribution in [0.5, 0.6) is 0 Å². The Hall–Kier alpha value is -7.94. The average molecular weight is 2030 g/mol. The van der Waals surface area contributed by atoms with Gasteiger partial charge in [-0.3, -0.25) is 47.5 Å². The van der Waals surface area contributed by atoms with Crippen molar-refractivity contribution in [1.82, 2.24) is 54.0 Å². The molecule has 0 bridgehead atoms. The summed E-state index contributed by atoms with van der Waals surface area (Å²) in [5.41, 5.74) is -2.55. The largest absolute Gasteiger partial charge is 1.00 e. The van der Waals surface area contributed by atoms with Gasteiger partial charge in [-0.25, -0.2) is 44.4 Å². The van der Waals surface area contributed by atoms with Gasteiger partial charge in [0.1, 0.15) is 65.7 Å². The van der Waals surface area contributed by atoms with E-state index >= 15 is 17.6 Å². The maximum Gasteiger partial charge on any atom is 1.00 e. The smallest absolute Gasteiger partial charge is 1.00 e. The minimum Gasteiger partial charge on any atom is -1.00 e. The molecule has 134 heavy (non-hydrogen) atoms. The summed E-state index contributed by atoms with van der Waals surface area (Å²) in [4.78, 5) is 82.8. The minimum absolute atomic E-state index is 0. The number of likely N-dealkylation sites (tertiary alicyclic amines) is 1. The van der Waals surface area contributed by atoms with Gasteiger partial charge < -0.3 is 26.3 Å². The van der Waals surface area contributed by atoms with E-state index < -0.39 is 215 Å². The Kier molecular flexibility index (Phi) is 34.0. The summed E-state index contributed by atoms with van der Waals surface area (Å²) in [5, 5.41) is 34.2. The number of Topliss-reactive ketones (excluding diaryl/α,β-unsaturated/α-hetero) is 2. The summed E-state index contributed by atoms with van der Waals surface area (Å²) in [7, 11) is -4.04. The first kappa shape index (κ1) is 107. The molecule has 1 aliphatic heterocycles. The molecule has 25 nitrogen and oxygen atoms in total. The number of aryl methyl sites for hydroxylation is 2. The SMILES string of the molecule is CC(=O)OCC(=O)Cl.Cn1nc(CS(C)(=O)=O)c2c(Cl)ccc(-c3ccc(C#CC4CCCC4)nc3[C@@H](CC(=O)Cn3nc(C(F)(F)F)c4c3C(F)(F)[C@@H]3C[C@H]43)Cc3cc(F)cc(F)c3)c21.Cn1nc(CS(C)(=O)=O)c2c(Cl)ccc(-c3ccc(C#CC4CCCN4C(=O)CO)nc3[C@@H](CC(=O)Cn3nc(C(F)(F)F)c4c3C(F)(F)[C@@H]3C[C@H]43)Cc3cc(F)cc(F)c3)c21.O=CO[O-].[H-].[K+].[K+]. The van der Waals surface area contributed by atoms with Crippen LogP contribution in [0.1, 0.15) is 175 Å². The molecule has 1 amide bonds. The van der Waals surface area contributed by atoms with E-state index in [1.807, 2.05) is 0 Å². The molecule has 1 unspecified atom stereocenters. The van der Waals surface area contributed by atoms with Crippen molar-refractivity contribution in [3.63, 3.8) is 0 Å². The molecular formula is C88H78Cl3F14K2N11O14S2. The van der Waals surface area contributed by atoms with Gasteiger partial charge in [-0.05, 0) is 158 Å². The predicted octanol–water partition coefficient (Wildman–Crippen LogP) is 8.79. The van der Waals surface area contributed by atoms with E-state index in [4.69, 9.17) is 54.8 Å². The quantitative estimate of drug-likeness (QED) is 0.00862. The normalized spacial score (nSPS) is 18.0. The number of ketones is 2. The summed E-state index contributed by atoms with van der Waals surface area (Å²) >= 11 is 18.1. The Morgan fingerprint density at radius 3 is 1.37 bits per heavy atom. The van der Waals surface area contributed by atoms with Crippen LogP contribution < -0.4 is 108 Å². The van der Waals surface area contributed by atoms with Crippen LogP contribution in [-0.2, 0) is 134 Å². The molecule has 7 atom stereocenters. The third kappa shape index (κ3) is 24.5. The number of hydrogen-bond donors (Lipinski definition) is 1. The number of benzene rings is 4. The van der Waals surface area contributed by atoms with Crippen molar-refractivity contribution >= 4 is 111 Å². The zero-order valence-corrected chi connectivity index (χ0v) is 82.3. The van der Waals surface area contributed by atoms with E-state index in [-0.39, 0.29) is 204 Å². The number of aliphatic hydroxyl groups excluding tert-OH is 1. The topological polar surface area (TPSA) is 333 Å². The number of sulfone groups is 2. The number of fused-ring (bicyclic) bond motifs is 8. The van der Waals surface area contributed by atoms with Crippen molar-refractivity contribution in [2.75, 3.05) is 32.3 Å². The van der Waals surface area contributed by atoms with E-state index in [2.05, 4.69) is 53.7 Å². The molecule has 6 aliphatic rings. The standard InChI is InChI=1S/C42H36ClF7N6O5S.C41H35ClF7N5O3S.C4H5ClO3.CH2O3.2K.H/c1-54-38-29(9-10-32(43)36(38)33(52-54)20-62(2,60)61)28-8-6-25(5-7-26-4-3-11-55(26)34(59)19-57)51-37(28)22(12-21-13-23(44)16-24(45)14-21)15-27(58)18-56-40-35(39(53-56)42(48,49)50)30-17-31(30)41(40,46)47;1-53-37-29(11-12-32(42)35(37)33(51-53)20-58(2,56)57)28-10-9-26(8-7-21-5-3-4-6-21)50-36(28)23(13-22-14-24(43)17-25(44)15-22)16-27(55)19-54-39-34(38(52-54)41(47,48)49)30-18-31(30)40(39,45)46;1-3(6)8-2-4(5)7;2-1-4-3;;;/h6,8-10,13-14,16,22,26,30-31,57H,3-4,11-12,15,17-20H2,1-2H3;9-12,14-15,17,21,23,30-31H,3-6,13,16,18-20H2,1-2H3;2H2,1H3;1,3H;;;/q;;;;2*+1;-1/p-1/t22-,26?,30+,31-;23-,30+,31-;;;;;/m11...../s1. The van der Waals surface area contributed by atoms with Crippen LogP contribution in [0.3, 0.4) is 0 Å². The van der Waals surface area contributed by atoms with Crippen molar-refractivity contribution in [2.24, 2.45) is 31.8 Å². The number of aromatic nitrogens is 10. The number of esters is 1. The molecule has 4 aromatic carbocycles. The number of halogens is 17. The van der Waals surface area contributed by atoms with Crippen molar-refractivity contribution < 1.29 is 231 Å². The third-order valence-corrected chi connectivity index (χ3v) is 25.4. The number of nitrogens with zero attached hydrogens (tertiary/aromatic N) is 11. The molecule has 10 aromatic rings. The van der Waals surface area contributed by atoms with E-state index in [1.165, 1.54) is 33.3 Å². The second kappa shape index (κ2) is 42.8. The monoisotopic (exact) mass is 2030 g/mol. The first-order valence-corrected chi connectivity index (χ1v) is 45.9. The maximum absolute atomic E-state index is 15.5. The zero-order chi connectivity index (χ0) is 96.1. The van der Waals surface area contributed by atoms with Crippen LogP contribution in [0.15, 0.2) is 84.9 Å². The first-order chi connectivity index (χ1) is 62.0. The van der Waals surface area contributed by atoms with Crippen molar-refractivity contribution in [3.05, 3.63) is 197 Å². The van der Waals surface area contributed by atoms with Crippen LogP contribution in [-0.4, -0.2) is 149 Å². The Balaban J connectivity index is 0.000000244. The van der Waals surface area contributed by atoms with Gasteiger partial charge in [0, 0.05) is 139 Å². The van der Waals surface area contributed by atoms with Gasteiger partial charge in [-0.15, -0.1) is 0 Å². The zero-order valence-electron chi connectivity index (χ0n) is 73.1. The Morgan fingerprint density at radius 1 is 0.612 bits per heavy atom. The van der Waals surface area contributed by atoms with Crippen molar-refractivity contribution in [2.45, 2.75) is 162 Å². The van der Waals surface area contributed by atoms with Crippen LogP contribution in [0.4, 0.5) is 61.5 Å². The maximum atomic E-state index is 15.5. The molecule has 46 heteroatoms. The summed E-state index contributed by atoms with van der Waals surface area (Å²) < 4.78 is 263. The summed E-state index contributed by atoms with van der Waals surface area (Å²) in [6.07, 6.45) is -4.94. The van der Waals surface area contributed by atoms with E-state index in [0.717, 1.165) is 62.5 Å².